The van der Waals surface area contributed by atoms with Crippen molar-refractivity contribution in [2.75, 3.05) is 18.6 Å². The Balaban J connectivity index is 1.88. The van der Waals surface area contributed by atoms with Crippen LogP contribution in [0.3, 0.4) is 0 Å². The highest BCUT2D eigenvalue weighted by Crippen LogP contribution is 2.43. The fraction of sp³-hybridized carbons (Fsp3) is 0.200. The van der Waals surface area contributed by atoms with Crippen molar-refractivity contribution < 1.29 is 28.6 Å². The molecule has 2 heterocycles. The summed E-state index contributed by atoms with van der Waals surface area (Å²) < 4.78 is 16.5. The molecular weight excluding hydrogens is 446 g/mol. The molecule has 0 spiro atoms. The number of ether oxygens (including phenoxy) is 2. The number of hydrogen-bond donors (Lipinski definition) is 1. The third kappa shape index (κ3) is 4.07. The fourth-order valence-electron chi connectivity index (χ4n) is 3.80. The van der Waals surface area contributed by atoms with Gasteiger partial charge in [-0.3, -0.25) is 14.5 Å². The minimum absolute atomic E-state index is 0.0902. The third-order valence-corrected chi connectivity index (χ3v) is 5.64. The average molecular weight is 468 g/mol. The lowest BCUT2D eigenvalue weighted by Gasteiger charge is -2.23. The lowest BCUT2D eigenvalue weighted by Crippen LogP contribution is -2.29. The van der Waals surface area contributed by atoms with Gasteiger partial charge in [-0.2, -0.15) is 0 Å². The molecule has 3 aromatic rings. The van der Waals surface area contributed by atoms with Gasteiger partial charge in [-0.15, -0.1) is 0 Å². The molecule has 1 unspecified atom stereocenters. The summed E-state index contributed by atoms with van der Waals surface area (Å²) in [7, 11) is 1.45. The first-order chi connectivity index (χ1) is 15.8. The van der Waals surface area contributed by atoms with Gasteiger partial charge >= 0.3 is 0 Å². The van der Waals surface area contributed by atoms with Gasteiger partial charge in [0, 0.05) is 11.3 Å². The van der Waals surface area contributed by atoms with Crippen LogP contribution in [0.2, 0.25) is 5.02 Å². The van der Waals surface area contributed by atoms with Gasteiger partial charge in [0.15, 0.2) is 0 Å². The minimum Gasteiger partial charge on any atom is -0.507 e. The molecule has 1 fully saturated rings. The first kappa shape index (κ1) is 22.5. The van der Waals surface area contributed by atoms with Gasteiger partial charge in [-0.25, -0.2) is 0 Å². The van der Waals surface area contributed by atoms with Crippen LogP contribution in [0.4, 0.5) is 5.69 Å². The van der Waals surface area contributed by atoms with Crippen molar-refractivity contribution in [1.82, 2.24) is 0 Å². The second-order valence-corrected chi connectivity index (χ2v) is 7.80. The zero-order valence-corrected chi connectivity index (χ0v) is 19.1. The Morgan fingerprint density at radius 1 is 1.12 bits per heavy atom. The molecule has 1 aliphatic heterocycles. The number of methoxy groups -OCH3 is 1. The summed E-state index contributed by atoms with van der Waals surface area (Å²) in [4.78, 5) is 27.6. The number of nitrogens with zero attached hydrogens (tertiary/aromatic N) is 1. The Bertz CT molecular complexity index is 1240. The molecule has 1 amide bonds. The van der Waals surface area contributed by atoms with Crippen LogP contribution < -0.4 is 14.4 Å². The molecule has 170 valence electrons. The smallest absolute Gasteiger partial charge is 0.300 e. The molecule has 1 aromatic heterocycles. The summed E-state index contributed by atoms with van der Waals surface area (Å²) in [6.45, 7) is 4.13. The van der Waals surface area contributed by atoms with E-state index in [1.54, 1.807) is 55.5 Å². The average Bonchev–Trinajstić information content (AvgIpc) is 3.35. The number of carbonyl (C=O) groups excluding carboxylic acids is 2. The van der Waals surface area contributed by atoms with Crippen molar-refractivity contribution in [3.8, 4) is 11.5 Å². The highest BCUT2D eigenvalue weighted by Gasteiger charge is 2.48. The first-order valence-corrected chi connectivity index (χ1v) is 10.7. The molecule has 1 atom stereocenters. The number of aryl methyl sites for hydroxylation is 1. The van der Waals surface area contributed by atoms with Gasteiger partial charge in [-0.1, -0.05) is 11.6 Å². The van der Waals surface area contributed by atoms with E-state index in [4.69, 9.17) is 25.5 Å². The molecule has 2 aromatic carbocycles. The van der Waals surface area contributed by atoms with E-state index in [2.05, 4.69) is 0 Å². The van der Waals surface area contributed by atoms with Gasteiger partial charge in [0.2, 0.25) is 0 Å². The van der Waals surface area contributed by atoms with Crippen molar-refractivity contribution in [2.45, 2.75) is 19.9 Å². The Morgan fingerprint density at radius 3 is 2.45 bits per heavy atom. The number of halogens is 1. The number of benzene rings is 2. The third-order valence-electron chi connectivity index (χ3n) is 5.33. The Hall–Kier alpha value is -3.71. The summed E-state index contributed by atoms with van der Waals surface area (Å²) in [5.74, 6) is -0.0345. The van der Waals surface area contributed by atoms with E-state index in [-0.39, 0.29) is 16.9 Å². The summed E-state index contributed by atoms with van der Waals surface area (Å²) in [5.41, 5.74) is 0.661. The van der Waals surface area contributed by atoms with E-state index in [9.17, 15) is 14.7 Å². The highest BCUT2D eigenvalue weighted by atomic mass is 35.5. The Kier molecular flexibility index (Phi) is 6.16. The number of aliphatic hydroxyl groups is 1. The highest BCUT2D eigenvalue weighted by molar-refractivity contribution is 6.51. The molecular formula is C25H22ClNO6. The fourth-order valence-corrected chi connectivity index (χ4v) is 4.00. The topological polar surface area (TPSA) is 89.2 Å². The predicted octanol–water partition coefficient (Wildman–Crippen LogP) is 5.28. The van der Waals surface area contributed by atoms with Crippen LogP contribution in [0, 0.1) is 6.92 Å². The summed E-state index contributed by atoms with van der Waals surface area (Å²) in [5, 5.41) is 11.5. The van der Waals surface area contributed by atoms with E-state index in [1.165, 1.54) is 18.1 Å². The Morgan fingerprint density at radius 2 is 1.85 bits per heavy atom. The van der Waals surface area contributed by atoms with Crippen LogP contribution in [0.5, 0.6) is 11.5 Å². The number of ketones is 1. The molecule has 1 aliphatic rings. The SMILES string of the molecule is CCOc1ccc(N2C(=O)C(=O)/C(=C(\O)c3ccc(Cl)c(OC)c3)C2c2ccc(C)o2)cc1. The maximum absolute atomic E-state index is 13.2. The van der Waals surface area contributed by atoms with Crippen LogP contribution in [-0.2, 0) is 9.59 Å². The lowest BCUT2D eigenvalue weighted by molar-refractivity contribution is -0.132. The van der Waals surface area contributed by atoms with Crippen LogP contribution in [0.15, 0.2) is 64.6 Å². The largest absolute Gasteiger partial charge is 0.507 e. The number of Topliss-reactive ketones (excluding diaryl/α,β-unsaturated/α-hetero) is 1. The number of amides is 1. The molecule has 0 bridgehead atoms. The second-order valence-electron chi connectivity index (χ2n) is 7.39. The van der Waals surface area contributed by atoms with Gasteiger partial charge in [0.05, 0.1) is 24.3 Å². The van der Waals surface area contributed by atoms with Crippen molar-refractivity contribution >= 4 is 34.7 Å². The number of aliphatic hydroxyl groups excluding tert-OH is 1. The first-order valence-electron chi connectivity index (χ1n) is 10.3. The monoisotopic (exact) mass is 467 g/mol. The van der Waals surface area contributed by atoms with E-state index in [1.807, 2.05) is 6.92 Å². The number of carbonyl (C=O) groups is 2. The van der Waals surface area contributed by atoms with E-state index >= 15 is 0 Å². The van der Waals surface area contributed by atoms with Gasteiger partial charge in [-0.05, 0) is 68.4 Å². The lowest BCUT2D eigenvalue weighted by atomic mass is 9.99. The molecule has 0 saturated carbocycles. The number of rotatable bonds is 6. The normalized spacial score (nSPS) is 17.5. The maximum Gasteiger partial charge on any atom is 0.300 e. The van der Waals surface area contributed by atoms with Crippen molar-refractivity contribution in [3.05, 3.63) is 82.3 Å². The van der Waals surface area contributed by atoms with Gasteiger partial charge in [0.25, 0.3) is 11.7 Å². The Labute approximate surface area is 195 Å². The molecule has 33 heavy (non-hydrogen) atoms. The maximum atomic E-state index is 13.2. The van der Waals surface area contributed by atoms with E-state index < -0.39 is 17.7 Å². The van der Waals surface area contributed by atoms with E-state index in [0.717, 1.165) is 0 Å². The van der Waals surface area contributed by atoms with Crippen LogP contribution >= 0.6 is 11.6 Å². The summed E-state index contributed by atoms with van der Waals surface area (Å²) in [6.07, 6.45) is 0. The number of furan rings is 1. The standard InChI is InChI=1S/C25H22ClNO6/c1-4-32-17-9-7-16(8-10-17)27-22(19-12-5-14(2)33-19)21(24(29)25(27)30)23(28)15-6-11-18(26)20(13-15)31-3/h5-13,22,28H,4H2,1-3H3/b23-21-. The number of hydrogen-bond acceptors (Lipinski definition) is 6. The van der Waals surface area contributed by atoms with Crippen molar-refractivity contribution in [2.24, 2.45) is 0 Å². The van der Waals surface area contributed by atoms with Crippen LogP contribution in [-0.4, -0.2) is 30.5 Å². The quantitative estimate of drug-likeness (QED) is 0.301. The van der Waals surface area contributed by atoms with Crippen LogP contribution in [0.25, 0.3) is 5.76 Å². The summed E-state index contributed by atoms with van der Waals surface area (Å²) in [6, 6.07) is 13.9. The van der Waals surface area contributed by atoms with Crippen LogP contribution in [0.1, 0.15) is 30.0 Å². The zero-order valence-electron chi connectivity index (χ0n) is 18.3. The number of anilines is 1. The van der Waals surface area contributed by atoms with Crippen molar-refractivity contribution in [3.63, 3.8) is 0 Å². The molecule has 7 nitrogen and oxygen atoms in total. The van der Waals surface area contributed by atoms with E-state index in [0.29, 0.717) is 40.3 Å². The molecule has 0 aliphatic carbocycles. The minimum atomic E-state index is -0.960. The predicted molar refractivity (Wildman–Crippen MR) is 124 cm³/mol. The molecule has 1 saturated heterocycles. The van der Waals surface area contributed by atoms with Gasteiger partial charge in [0.1, 0.15) is 34.8 Å². The zero-order chi connectivity index (χ0) is 23.7. The molecule has 1 N–H and O–H groups in total. The second kappa shape index (κ2) is 9.03. The van der Waals surface area contributed by atoms with Crippen molar-refractivity contribution in [1.29, 1.82) is 0 Å². The molecule has 4 rings (SSSR count). The molecule has 8 heteroatoms. The van der Waals surface area contributed by atoms with Gasteiger partial charge < -0.3 is 19.0 Å². The summed E-state index contributed by atoms with van der Waals surface area (Å²) >= 11 is 6.10. The molecule has 0 radical (unpaired) electrons.